The molecule has 0 aliphatic carbocycles. The predicted molar refractivity (Wildman–Crippen MR) is 94.9 cm³/mol. The van der Waals surface area contributed by atoms with Crippen LogP contribution < -0.4 is 5.32 Å². The SMILES string of the molecule is C=C1CN(C2CCNCC2)CCC1Cc1ccc(Cl)c(Cl)c1. The molecule has 2 saturated heterocycles. The van der Waals surface area contributed by atoms with Crippen molar-refractivity contribution in [3.05, 3.63) is 46.0 Å². The van der Waals surface area contributed by atoms with Crippen LogP contribution in [0.25, 0.3) is 0 Å². The van der Waals surface area contributed by atoms with Crippen LogP contribution in [-0.2, 0) is 6.42 Å². The third-order valence-corrected chi connectivity index (χ3v) is 5.78. The van der Waals surface area contributed by atoms with Crippen molar-refractivity contribution >= 4 is 23.2 Å². The second-order valence-corrected chi connectivity index (χ2v) is 7.36. The summed E-state index contributed by atoms with van der Waals surface area (Å²) in [5.74, 6) is 0.565. The smallest absolute Gasteiger partial charge is 0.0595 e. The Bertz CT molecular complexity index is 538. The maximum absolute atomic E-state index is 6.12. The molecular weight excluding hydrogens is 315 g/mol. The molecule has 1 atom stereocenters. The Balaban J connectivity index is 1.58. The highest BCUT2D eigenvalue weighted by Crippen LogP contribution is 2.30. The van der Waals surface area contributed by atoms with Gasteiger partial charge in [0.05, 0.1) is 10.0 Å². The molecule has 4 heteroatoms. The Morgan fingerprint density at radius 3 is 2.59 bits per heavy atom. The van der Waals surface area contributed by atoms with Crippen molar-refractivity contribution < 1.29 is 0 Å². The molecule has 1 aromatic carbocycles. The fourth-order valence-electron chi connectivity index (χ4n) is 3.68. The van der Waals surface area contributed by atoms with Gasteiger partial charge < -0.3 is 5.32 Å². The summed E-state index contributed by atoms with van der Waals surface area (Å²) in [6, 6.07) is 6.72. The largest absolute Gasteiger partial charge is 0.317 e. The maximum atomic E-state index is 6.12. The molecule has 0 aromatic heterocycles. The molecular formula is C18H24Cl2N2. The number of piperidine rings is 2. The zero-order valence-electron chi connectivity index (χ0n) is 13.0. The molecule has 2 heterocycles. The van der Waals surface area contributed by atoms with E-state index in [-0.39, 0.29) is 0 Å². The lowest BCUT2D eigenvalue weighted by Crippen LogP contribution is -2.47. The number of nitrogens with one attached hydrogen (secondary N) is 1. The van der Waals surface area contributed by atoms with Crippen molar-refractivity contribution in [1.82, 2.24) is 10.2 Å². The van der Waals surface area contributed by atoms with Crippen LogP contribution in [0.1, 0.15) is 24.8 Å². The highest BCUT2D eigenvalue weighted by Gasteiger charge is 2.28. The first-order chi connectivity index (χ1) is 10.6. The number of rotatable bonds is 3. The average molecular weight is 339 g/mol. The normalized spacial score (nSPS) is 24.6. The Hall–Kier alpha value is -0.540. The predicted octanol–water partition coefficient (Wildman–Crippen LogP) is 4.17. The summed E-state index contributed by atoms with van der Waals surface area (Å²) in [6.45, 7) is 8.91. The topological polar surface area (TPSA) is 15.3 Å². The molecule has 1 aromatic rings. The first kappa shape index (κ1) is 16.3. The highest BCUT2D eigenvalue weighted by atomic mass is 35.5. The molecule has 1 unspecified atom stereocenters. The summed E-state index contributed by atoms with van der Waals surface area (Å²) in [6.07, 6.45) is 4.76. The van der Waals surface area contributed by atoms with E-state index in [0.717, 1.165) is 32.1 Å². The van der Waals surface area contributed by atoms with E-state index in [1.807, 2.05) is 12.1 Å². The van der Waals surface area contributed by atoms with Crippen molar-refractivity contribution in [3.8, 4) is 0 Å². The molecule has 2 aliphatic rings. The molecule has 2 nitrogen and oxygen atoms in total. The van der Waals surface area contributed by atoms with Gasteiger partial charge in [-0.1, -0.05) is 41.4 Å². The summed E-state index contributed by atoms with van der Waals surface area (Å²) in [5.41, 5.74) is 2.63. The molecule has 3 rings (SSSR count). The Morgan fingerprint density at radius 2 is 1.91 bits per heavy atom. The molecule has 22 heavy (non-hydrogen) atoms. The van der Waals surface area contributed by atoms with Gasteiger partial charge in [0.15, 0.2) is 0 Å². The summed E-state index contributed by atoms with van der Waals surface area (Å²) in [4.78, 5) is 2.63. The molecule has 120 valence electrons. The van der Waals surface area contributed by atoms with E-state index in [1.54, 1.807) is 0 Å². The van der Waals surface area contributed by atoms with Gasteiger partial charge in [-0.25, -0.2) is 0 Å². The summed E-state index contributed by atoms with van der Waals surface area (Å²) >= 11 is 12.1. The van der Waals surface area contributed by atoms with E-state index in [4.69, 9.17) is 23.2 Å². The van der Waals surface area contributed by atoms with Gasteiger partial charge in [-0.05, 0) is 68.9 Å². The van der Waals surface area contributed by atoms with E-state index >= 15 is 0 Å². The molecule has 2 fully saturated rings. The van der Waals surface area contributed by atoms with Crippen molar-refractivity contribution in [3.63, 3.8) is 0 Å². The lowest BCUT2D eigenvalue weighted by molar-refractivity contribution is 0.142. The molecule has 0 saturated carbocycles. The first-order valence-corrected chi connectivity index (χ1v) is 8.95. The van der Waals surface area contributed by atoms with E-state index in [9.17, 15) is 0 Å². The molecule has 1 N–H and O–H groups in total. The Labute approximate surface area is 143 Å². The van der Waals surface area contributed by atoms with Crippen LogP contribution in [-0.4, -0.2) is 37.1 Å². The summed E-state index contributed by atoms with van der Waals surface area (Å²) < 4.78 is 0. The maximum Gasteiger partial charge on any atom is 0.0595 e. The zero-order chi connectivity index (χ0) is 15.5. The quantitative estimate of drug-likeness (QED) is 0.832. The monoisotopic (exact) mass is 338 g/mol. The number of halogens is 2. The van der Waals surface area contributed by atoms with Crippen LogP contribution in [0.5, 0.6) is 0 Å². The van der Waals surface area contributed by atoms with Gasteiger partial charge in [-0.3, -0.25) is 4.90 Å². The van der Waals surface area contributed by atoms with Gasteiger partial charge in [0.2, 0.25) is 0 Å². The van der Waals surface area contributed by atoms with Gasteiger partial charge in [-0.2, -0.15) is 0 Å². The van der Waals surface area contributed by atoms with E-state index in [2.05, 4.69) is 22.9 Å². The highest BCUT2D eigenvalue weighted by molar-refractivity contribution is 6.42. The van der Waals surface area contributed by atoms with Crippen molar-refractivity contribution in [2.45, 2.75) is 31.7 Å². The van der Waals surface area contributed by atoms with Crippen molar-refractivity contribution in [2.75, 3.05) is 26.2 Å². The first-order valence-electron chi connectivity index (χ1n) is 8.20. The third kappa shape index (κ3) is 3.86. The van der Waals surface area contributed by atoms with Crippen LogP contribution >= 0.6 is 23.2 Å². The lowest BCUT2D eigenvalue weighted by atomic mass is 9.85. The Morgan fingerprint density at radius 1 is 1.14 bits per heavy atom. The fraction of sp³-hybridized carbons (Fsp3) is 0.556. The van der Waals surface area contributed by atoms with Crippen molar-refractivity contribution in [2.24, 2.45) is 5.92 Å². The van der Waals surface area contributed by atoms with Gasteiger partial charge in [0.25, 0.3) is 0 Å². The summed E-state index contributed by atoms with van der Waals surface area (Å²) in [7, 11) is 0. The van der Waals surface area contributed by atoms with Gasteiger partial charge in [0.1, 0.15) is 0 Å². The molecule has 0 amide bonds. The van der Waals surface area contributed by atoms with Crippen LogP contribution in [0.15, 0.2) is 30.4 Å². The number of benzene rings is 1. The minimum atomic E-state index is 0.565. The van der Waals surface area contributed by atoms with E-state index in [0.29, 0.717) is 16.0 Å². The van der Waals surface area contributed by atoms with Crippen LogP contribution in [0.4, 0.5) is 0 Å². The lowest BCUT2D eigenvalue weighted by Gasteiger charge is -2.40. The van der Waals surface area contributed by atoms with Gasteiger partial charge >= 0.3 is 0 Å². The second kappa shape index (κ2) is 7.35. The van der Waals surface area contributed by atoms with Crippen LogP contribution in [0.3, 0.4) is 0 Å². The van der Waals surface area contributed by atoms with Crippen LogP contribution in [0, 0.1) is 5.92 Å². The average Bonchev–Trinajstić information content (AvgIpc) is 2.54. The van der Waals surface area contributed by atoms with Gasteiger partial charge in [-0.15, -0.1) is 0 Å². The Kier molecular flexibility index (Phi) is 5.46. The zero-order valence-corrected chi connectivity index (χ0v) is 14.5. The van der Waals surface area contributed by atoms with E-state index < -0.39 is 0 Å². The minimum Gasteiger partial charge on any atom is -0.317 e. The second-order valence-electron chi connectivity index (χ2n) is 6.55. The molecule has 0 radical (unpaired) electrons. The van der Waals surface area contributed by atoms with Crippen molar-refractivity contribution in [1.29, 1.82) is 0 Å². The summed E-state index contributed by atoms with van der Waals surface area (Å²) in [5, 5.41) is 4.72. The number of likely N-dealkylation sites (tertiary alicyclic amines) is 1. The fourth-order valence-corrected chi connectivity index (χ4v) is 4.00. The number of nitrogens with zero attached hydrogens (tertiary/aromatic N) is 1. The standard InChI is InChI=1S/C18H24Cl2N2/c1-13-12-22(16-4-7-21-8-5-16)9-6-15(13)10-14-2-3-17(19)18(20)11-14/h2-3,11,15-16,21H,1,4-10,12H2. The molecule has 0 bridgehead atoms. The minimum absolute atomic E-state index is 0.565. The van der Waals surface area contributed by atoms with Crippen LogP contribution in [0.2, 0.25) is 10.0 Å². The van der Waals surface area contributed by atoms with Gasteiger partial charge in [0, 0.05) is 12.6 Å². The van der Waals surface area contributed by atoms with E-state index in [1.165, 1.54) is 36.9 Å². The molecule has 0 spiro atoms. The third-order valence-electron chi connectivity index (χ3n) is 5.04. The molecule has 2 aliphatic heterocycles. The number of hydrogen-bond donors (Lipinski definition) is 1. The number of hydrogen-bond acceptors (Lipinski definition) is 2.